The molecule has 0 fully saturated rings. The van der Waals surface area contributed by atoms with Gasteiger partial charge in [0.15, 0.2) is 0 Å². The third-order valence-electron chi connectivity index (χ3n) is 0.541. The van der Waals surface area contributed by atoms with Crippen LogP contribution in [0, 0.1) is 0 Å². The fourth-order valence-corrected chi connectivity index (χ4v) is 0.883. The summed E-state index contributed by atoms with van der Waals surface area (Å²) in [5.74, 6) is -0.600. The highest BCUT2D eigenvalue weighted by Gasteiger charge is 2.15. The number of hydrogen-bond donors (Lipinski definition) is 0. The van der Waals surface area contributed by atoms with E-state index in [1.165, 1.54) is 0 Å². The van der Waals surface area contributed by atoms with Crippen molar-refractivity contribution in [3.8, 4) is 0 Å². The number of alkyl halides is 2. The van der Waals surface area contributed by atoms with E-state index in [-0.39, 0.29) is 0 Å². The van der Waals surface area contributed by atoms with Crippen LogP contribution in [0.1, 0.15) is 0 Å². The molecular weight excluding hydrogens is 166 g/mol. The Kier molecular flexibility index (Phi) is 3.45. The van der Waals surface area contributed by atoms with Crippen LogP contribution in [-0.2, 0) is 14.3 Å². The molecule has 0 aromatic carbocycles. The Morgan fingerprint density at radius 1 is 1.60 bits per heavy atom. The zero-order chi connectivity index (χ0) is 8.20. The highest BCUT2D eigenvalue weighted by atomic mass is 32.2. The first-order valence-corrected chi connectivity index (χ1v) is 3.85. The van der Waals surface area contributed by atoms with Crippen molar-refractivity contribution >= 4 is 10.1 Å². The van der Waals surface area contributed by atoms with Gasteiger partial charge in [0.1, 0.15) is 0 Å². The van der Waals surface area contributed by atoms with Crippen LogP contribution in [0.15, 0.2) is 12.7 Å². The van der Waals surface area contributed by atoms with Crippen molar-refractivity contribution in [3.05, 3.63) is 12.7 Å². The lowest BCUT2D eigenvalue weighted by atomic mass is 10.8. The first-order chi connectivity index (χ1) is 4.48. The molecule has 0 saturated heterocycles. The molecule has 60 valence electrons. The molecule has 0 heterocycles. The summed E-state index contributed by atoms with van der Waals surface area (Å²) in [6.07, 6.45) is 0.970. The lowest BCUT2D eigenvalue weighted by molar-refractivity contribution is -0.0441. The summed E-state index contributed by atoms with van der Waals surface area (Å²) in [5, 5.41) is 0. The smallest absolute Gasteiger partial charge is 0.203 e. The van der Waals surface area contributed by atoms with Crippen LogP contribution in [0.2, 0.25) is 0 Å². The second-order valence-electron chi connectivity index (χ2n) is 1.37. The fraction of sp³-hybridized carbons (Fsp3) is 0.500. The Bertz CT molecular complexity index is 197. The van der Waals surface area contributed by atoms with Crippen LogP contribution in [0.25, 0.3) is 0 Å². The zero-order valence-electron chi connectivity index (χ0n) is 4.96. The monoisotopic (exact) mass is 172 g/mol. The van der Waals surface area contributed by atoms with E-state index in [4.69, 9.17) is 0 Å². The molecule has 0 spiro atoms. The van der Waals surface area contributed by atoms with E-state index in [1.807, 2.05) is 0 Å². The molecule has 0 aliphatic heterocycles. The van der Waals surface area contributed by atoms with Crippen molar-refractivity contribution in [2.24, 2.45) is 0 Å². The summed E-state index contributed by atoms with van der Waals surface area (Å²) in [6.45, 7) is -0.238. The van der Waals surface area contributed by atoms with E-state index in [2.05, 4.69) is 10.8 Å². The molecule has 0 radical (unpaired) electrons. The number of halogens is 2. The molecule has 0 saturated carbocycles. The minimum atomic E-state index is -4.10. The average molecular weight is 172 g/mol. The second kappa shape index (κ2) is 3.62. The predicted molar refractivity (Wildman–Crippen MR) is 31.1 cm³/mol. The summed E-state index contributed by atoms with van der Waals surface area (Å²) in [7, 11) is -4.10. The maximum atomic E-state index is 11.2. The first-order valence-electron chi connectivity index (χ1n) is 2.28. The number of rotatable bonds is 4. The lowest BCUT2D eigenvalue weighted by Gasteiger charge is -1.99. The summed E-state index contributed by atoms with van der Waals surface area (Å²) in [4.78, 5) is 0. The molecule has 0 bridgehead atoms. The van der Waals surface area contributed by atoms with Crippen molar-refractivity contribution in [1.82, 2.24) is 0 Å². The summed E-state index contributed by atoms with van der Waals surface area (Å²) in [5.41, 5.74) is 0. The Hall–Kier alpha value is -0.490. The topological polar surface area (TPSA) is 43.4 Å². The largest absolute Gasteiger partial charge is 0.358 e. The van der Waals surface area contributed by atoms with Crippen molar-refractivity contribution in [3.63, 3.8) is 0 Å². The van der Waals surface area contributed by atoms with Crippen molar-refractivity contribution in [1.29, 1.82) is 0 Å². The molecule has 0 unspecified atom stereocenters. The van der Waals surface area contributed by atoms with Gasteiger partial charge in [0.2, 0.25) is 0 Å². The highest BCUT2D eigenvalue weighted by molar-refractivity contribution is 7.86. The van der Waals surface area contributed by atoms with Gasteiger partial charge in [0, 0.05) is 0 Å². The van der Waals surface area contributed by atoms with Crippen molar-refractivity contribution in [2.75, 3.05) is 5.75 Å². The molecule has 0 aromatic heterocycles. The van der Waals surface area contributed by atoms with Gasteiger partial charge < -0.3 is 0 Å². The Labute approximate surface area is 57.4 Å². The Balaban J connectivity index is 4.01. The van der Waals surface area contributed by atoms with Crippen molar-refractivity contribution < 1.29 is 21.4 Å². The molecule has 0 atom stereocenters. The van der Waals surface area contributed by atoms with Crippen LogP contribution < -0.4 is 0 Å². The Morgan fingerprint density at radius 3 is 2.40 bits per heavy atom. The predicted octanol–water partition coefficient (Wildman–Crippen LogP) is 0.741. The normalized spacial score (nSPS) is 11.9. The van der Waals surface area contributed by atoms with Gasteiger partial charge in [-0.3, -0.25) is 0 Å². The summed E-state index contributed by atoms with van der Waals surface area (Å²) in [6, 6.07) is 0. The van der Waals surface area contributed by atoms with Crippen LogP contribution in [0.3, 0.4) is 0 Å². The number of hydrogen-bond acceptors (Lipinski definition) is 3. The molecule has 0 aliphatic rings. The van der Waals surface area contributed by atoms with E-state index in [0.717, 1.165) is 6.08 Å². The van der Waals surface area contributed by atoms with Gasteiger partial charge in [-0.25, -0.2) is 4.18 Å². The lowest BCUT2D eigenvalue weighted by Crippen LogP contribution is -2.12. The third-order valence-corrected chi connectivity index (χ3v) is 1.62. The fourth-order valence-electron chi connectivity index (χ4n) is 0.294. The van der Waals surface area contributed by atoms with E-state index in [0.29, 0.717) is 0 Å². The minimum Gasteiger partial charge on any atom is -0.203 e. The van der Waals surface area contributed by atoms with Gasteiger partial charge in [0.25, 0.3) is 10.1 Å². The van der Waals surface area contributed by atoms with Gasteiger partial charge in [-0.05, 0) is 0 Å². The molecule has 10 heavy (non-hydrogen) atoms. The Morgan fingerprint density at radius 2 is 2.10 bits per heavy atom. The highest BCUT2D eigenvalue weighted by Crippen LogP contribution is 2.02. The van der Waals surface area contributed by atoms with Gasteiger partial charge in [0.05, 0.1) is 5.75 Å². The molecule has 0 N–H and O–H groups in total. The van der Waals surface area contributed by atoms with Crippen LogP contribution >= 0.6 is 0 Å². The van der Waals surface area contributed by atoms with Gasteiger partial charge in [-0.1, -0.05) is 6.08 Å². The summed E-state index contributed by atoms with van der Waals surface area (Å²) >= 11 is 0. The van der Waals surface area contributed by atoms with Crippen LogP contribution in [0.4, 0.5) is 8.78 Å². The maximum Gasteiger partial charge on any atom is 0.358 e. The quantitative estimate of drug-likeness (QED) is 0.464. The van der Waals surface area contributed by atoms with Crippen LogP contribution in [-0.4, -0.2) is 20.8 Å². The van der Waals surface area contributed by atoms with Crippen LogP contribution in [0.5, 0.6) is 0 Å². The third kappa shape index (κ3) is 4.39. The molecule has 0 rings (SSSR count). The van der Waals surface area contributed by atoms with Gasteiger partial charge in [-0.15, -0.1) is 6.58 Å². The SMILES string of the molecule is C=CCS(=O)(=O)OC(F)F. The standard InChI is InChI=1S/C4H6F2O3S/c1-2-3-10(7,8)9-4(5)6/h2,4H,1,3H2. The molecule has 6 heteroatoms. The van der Waals surface area contributed by atoms with E-state index < -0.39 is 22.5 Å². The minimum absolute atomic E-state index is 0.600. The molecule has 0 aliphatic carbocycles. The maximum absolute atomic E-state index is 11.2. The zero-order valence-corrected chi connectivity index (χ0v) is 5.77. The second-order valence-corrected chi connectivity index (χ2v) is 3.01. The average Bonchev–Trinajstić information content (AvgIpc) is 1.59. The van der Waals surface area contributed by atoms with Gasteiger partial charge >= 0.3 is 6.61 Å². The molecule has 3 nitrogen and oxygen atoms in total. The van der Waals surface area contributed by atoms with E-state index in [9.17, 15) is 17.2 Å². The van der Waals surface area contributed by atoms with Crippen molar-refractivity contribution in [2.45, 2.75) is 6.61 Å². The molecule has 0 aromatic rings. The van der Waals surface area contributed by atoms with E-state index in [1.54, 1.807) is 0 Å². The molecular formula is C4H6F2O3S. The van der Waals surface area contributed by atoms with Gasteiger partial charge in [-0.2, -0.15) is 17.2 Å². The summed E-state index contributed by atoms with van der Waals surface area (Å²) < 4.78 is 46.2. The van der Waals surface area contributed by atoms with E-state index >= 15 is 0 Å². The molecule has 0 amide bonds. The first kappa shape index (κ1) is 9.51.